The first-order valence-electron chi connectivity index (χ1n) is 10.9. The summed E-state index contributed by atoms with van der Waals surface area (Å²) in [4.78, 5) is 12.1. The smallest absolute Gasteiger partial charge is 0.366 e. The molecule has 0 saturated heterocycles. The molecular weight excluding hydrogens is 432 g/mol. The van der Waals surface area contributed by atoms with Gasteiger partial charge in [0.05, 0.1) is 17.6 Å². The number of rotatable bonds is 7. The van der Waals surface area contributed by atoms with E-state index in [1.54, 1.807) is 22.8 Å². The number of aromatic nitrogens is 1. The second-order valence-electron chi connectivity index (χ2n) is 8.26. The molecule has 1 amide bonds. The standard InChI is InChI=1S/C26H24F4N2O/c1-2-3-4-6-16-9-11-19-23(13-16)32(22-8-5-7-20(24(19)22)25(31)33)15-17-14-18(26(28,29)30)10-12-21(17)27/h5,7-14H,2-4,6,15H2,1H3,(H2,31,33). The minimum atomic E-state index is -4.57. The van der Waals surface area contributed by atoms with Crippen LogP contribution in [-0.4, -0.2) is 10.5 Å². The zero-order valence-electron chi connectivity index (χ0n) is 18.2. The molecule has 0 bridgehead atoms. The van der Waals surface area contributed by atoms with E-state index in [0.29, 0.717) is 16.5 Å². The quantitative estimate of drug-likeness (QED) is 0.240. The van der Waals surface area contributed by atoms with E-state index in [-0.39, 0.29) is 12.1 Å². The van der Waals surface area contributed by atoms with Gasteiger partial charge in [-0.15, -0.1) is 0 Å². The summed E-state index contributed by atoms with van der Waals surface area (Å²) in [7, 11) is 0. The Morgan fingerprint density at radius 1 is 1.00 bits per heavy atom. The van der Waals surface area contributed by atoms with E-state index < -0.39 is 23.5 Å². The molecule has 2 N–H and O–H groups in total. The van der Waals surface area contributed by atoms with Gasteiger partial charge in [-0.1, -0.05) is 38.0 Å². The molecule has 0 aliphatic heterocycles. The molecule has 0 fully saturated rings. The van der Waals surface area contributed by atoms with Gasteiger partial charge < -0.3 is 10.3 Å². The van der Waals surface area contributed by atoms with Gasteiger partial charge in [0.25, 0.3) is 0 Å². The van der Waals surface area contributed by atoms with Crippen LogP contribution in [0.4, 0.5) is 17.6 Å². The summed E-state index contributed by atoms with van der Waals surface area (Å²) in [6, 6.07) is 13.4. The Bertz CT molecular complexity index is 1340. The number of primary amides is 1. The molecule has 0 atom stereocenters. The lowest BCUT2D eigenvalue weighted by molar-refractivity contribution is -0.137. The molecule has 0 radical (unpaired) electrons. The molecule has 7 heteroatoms. The van der Waals surface area contributed by atoms with E-state index in [1.807, 2.05) is 18.2 Å². The van der Waals surface area contributed by atoms with Gasteiger partial charge in [0.2, 0.25) is 5.91 Å². The molecule has 0 spiro atoms. The number of nitrogens with zero attached hydrogens (tertiary/aromatic N) is 1. The first-order valence-corrected chi connectivity index (χ1v) is 10.9. The minimum absolute atomic E-state index is 0.0792. The van der Waals surface area contributed by atoms with Crippen LogP contribution in [0.2, 0.25) is 0 Å². The fourth-order valence-electron chi connectivity index (χ4n) is 4.34. The van der Waals surface area contributed by atoms with Crippen molar-refractivity contribution < 1.29 is 22.4 Å². The molecule has 172 valence electrons. The third-order valence-corrected chi connectivity index (χ3v) is 5.99. The van der Waals surface area contributed by atoms with Gasteiger partial charge in [0.15, 0.2) is 0 Å². The monoisotopic (exact) mass is 456 g/mol. The summed E-state index contributed by atoms with van der Waals surface area (Å²) in [5, 5.41) is 1.37. The maximum atomic E-state index is 14.6. The van der Waals surface area contributed by atoms with E-state index in [9.17, 15) is 22.4 Å². The van der Waals surface area contributed by atoms with Crippen molar-refractivity contribution in [2.45, 2.75) is 45.3 Å². The number of halogens is 4. The number of amides is 1. The van der Waals surface area contributed by atoms with Crippen LogP contribution in [0.3, 0.4) is 0 Å². The zero-order valence-corrected chi connectivity index (χ0v) is 18.2. The van der Waals surface area contributed by atoms with Crippen molar-refractivity contribution >= 4 is 27.7 Å². The molecule has 4 rings (SSSR count). The number of unbranched alkanes of at least 4 members (excludes halogenated alkanes) is 2. The highest BCUT2D eigenvalue weighted by molar-refractivity contribution is 6.18. The highest BCUT2D eigenvalue weighted by atomic mass is 19.4. The van der Waals surface area contributed by atoms with Crippen LogP contribution in [0.5, 0.6) is 0 Å². The van der Waals surface area contributed by atoms with Crippen LogP contribution in [-0.2, 0) is 19.1 Å². The Morgan fingerprint density at radius 3 is 2.48 bits per heavy atom. The van der Waals surface area contributed by atoms with Crippen LogP contribution in [0, 0.1) is 5.82 Å². The van der Waals surface area contributed by atoms with Crippen molar-refractivity contribution in [2.75, 3.05) is 0 Å². The number of aryl methyl sites for hydroxylation is 1. The van der Waals surface area contributed by atoms with Crippen molar-refractivity contribution in [3.05, 3.63) is 82.7 Å². The Balaban J connectivity index is 1.93. The van der Waals surface area contributed by atoms with Gasteiger partial charge in [-0.05, 0) is 54.8 Å². The lowest BCUT2D eigenvalue weighted by Crippen LogP contribution is -2.11. The van der Waals surface area contributed by atoms with E-state index in [2.05, 4.69) is 6.92 Å². The molecule has 4 aromatic rings. The second-order valence-corrected chi connectivity index (χ2v) is 8.26. The average molecular weight is 456 g/mol. The summed E-state index contributed by atoms with van der Waals surface area (Å²) in [6.45, 7) is 2.01. The fourth-order valence-corrected chi connectivity index (χ4v) is 4.34. The highest BCUT2D eigenvalue weighted by Gasteiger charge is 2.31. The van der Waals surface area contributed by atoms with Crippen molar-refractivity contribution in [3.8, 4) is 0 Å². The molecule has 33 heavy (non-hydrogen) atoms. The molecule has 3 aromatic carbocycles. The molecule has 0 unspecified atom stereocenters. The average Bonchev–Trinajstić information content (AvgIpc) is 3.07. The molecule has 3 nitrogen and oxygen atoms in total. The van der Waals surface area contributed by atoms with Crippen LogP contribution in [0.25, 0.3) is 21.8 Å². The third kappa shape index (κ3) is 4.45. The summed E-state index contributed by atoms with van der Waals surface area (Å²) in [5.41, 5.74) is 7.35. The van der Waals surface area contributed by atoms with Gasteiger partial charge in [-0.3, -0.25) is 4.79 Å². The summed E-state index contributed by atoms with van der Waals surface area (Å²) in [6.07, 6.45) is -0.542. The van der Waals surface area contributed by atoms with Crippen molar-refractivity contribution in [2.24, 2.45) is 5.73 Å². The number of alkyl halides is 3. The molecule has 0 aliphatic rings. The third-order valence-electron chi connectivity index (χ3n) is 5.99. The summed E-state index contributed by atoms with van der Waals surface area (Å²) < 4.78 is 56.1. The first kappa shape index (κ1) is 22.8. The predicted molar refractivity (Wildman–Crippen MR) is 122 cm³/mol. The van der Waals surface area contributed by atoms with E-state index in [1.165, 1.54) is 0 Å². The van der Waals surface area contributed by atoms with E-state index >= 15 is 0 Å². The van der Waals surface area contributed by atoms with Gasteiger partial charge in [0.1, 0.15) is 5.82 Å². The summed E-state index contributed by atoms with van der Waals surface area (Å²) >= 11 is 0. The van der Waals surface area contributed by atoms with Gasteiger partial charge >= 0.3 is 6.18 Å². The number of nitrogens with two attached hydrogens (primary N) is 1. The number of hydrogen-bond acceptors (Lipinski definition) is 1. The van der Waals surface area contributed by atoms with E-state index in [0.717, 1.165) is 60.3 Å². The van der Waals surface area contributed by atoms with Crippen LogP contribution >= 0.6 is 0 Å². The fraction of sp³-hybridized carbons (Fsp3) is 0.269. The summed E-state index contributed by atoms with van der Waals surface area (Å²) in [5.74, 6) is -1.32. The number of hydrogen-bond donors (Lipinski definition) is 1. The van der Waals surface area contributed by atoms with Crippen molar-refractivity contribution in [1.29, 1.82) is 0 Å². The first-order chi connectivity index (χ1) is 15.7. The number of carbonyl (C=O) groups is 1. The maximum Gasteiger partial charge on any atom is 0.416 e. The molecule has 1 aromatic heterocycles. The number of benzene rings is 3. The van der Waals surface area contributed by atoms with Crippen molar-refractivity contribution in [1.82, 2.24) is 4.57 Å². The molecule has 1 heterocycles. The van der Waals surface area contributed by atoms with Gasteiger partial charge in [-0.2, -0.15) is 13.2 Å². The van der Waals surface area contributed by atoms with Crippen molar-refractivity contribution in [3.63, 3.8) is 0 Å². The largest absolute Gasteiger partial charge is 0.416 e. The minimum Gasteiger partial charge on any atom is -0.366 e. The van der Waals surface area contributed by atoms with E-state index in [4.69, 9.17) is 5.73 Å². The maximum absolute atomic E-state index is 14.6. The number of carbonyl (C=O) groups excluding carboxylic acids is 1. The van der Waals surface area contributed by atoms with Crippen LogP contribution in [0.1, 0.15) is 53.2 Å². The zero-order chi connectivity index (χ0) is 23.8. The Labute approximate surface area is 188 Å². The Hall–Kier alpha value is -3.35. The predicted octanol–water partition coefficient (Wildman–Crippen LogP) is 6.83. The molecule has 0 saturated carbocycles. The van der Waals surface area contributed by atoms with Gasteiger partial charge in [-0.25, -0.2) is 4.39 Å². The van der Waals surface area contributed by atoms with Crippen LogP contribution < -0.4 is 5.73 Å². The highest BCUT2D eigenvalue weighted by Crippen LogP contribution is 2.35. The second kappa shape index (κ2) is 8.89. The van der Waals surface area contributed by atoms with Crippen LogP contribution in [0.15, 0.2) is 54.6 Å². The Morgan fingerprint density at radius 2 is 1.79 bits per heavy atom. The lowest BCUT2D eigenvalue weighted by atomic mass is 10.0. The number of fused-ring (bicyclic) bond motifs is 3. The normalized spacial score (nSPS) is 12.0. The SMILES string of the molecule is CCCCCc1ccc2c3c(C(N)=O)cccc3n(Cc3cc(C(F)(F)F)ccc3F)c2c1. The topological polar surface area (TPSA) is 48.0 Å². The molecular formula is C26H24F4N2O. The van der Waals surface area contributed by atoms with Gasteiger partial charge in [0, 0.05) is 27.4 Å². The molecule has 0 aliphatic carbocycles. The Kier molecular flexibility index (Phi) is 6.15. The lowest BCUT2D eigenvalue weighted by Gasteiger charge is -2.13.